The zero-order valence-corrected chi connectivity index (χ0v) is 14.8. The summed E-state index contributed by atoms with van der Waals surface area (Å²) < 4.78 is 0. The molecule has 0 spiro atoms. The zero-order valence-electron chi connectivity index (χ0n) is 14.8. The number of carboxylic acid groups (broad SMARTS) is 4. The van der Waals surface area contributed by atoms with E-state index in [9.17, 15) is 28.8 Å². The van der Waals surface area contributed by atoms with Gasteiger partial charge in [-0.1, -0.05) is 0 Å². The zero-order chi connectivity index (χ0) is 21.7. The first-order valence-electron chi connectivity index (χ1n) is 7.84. The van der Waals surface area contributed by atoms with Gasteiger partial charge in [-0.15, -0.1) is 0 Å². The number of rotatable bonds is 15. The molecule has 0 aromatic carbocycles. The molecular formula is C14H22N4O10. The third kappa shape index (κ3) is 14.0. The van der Waals surface area contributed by atoms with Crippen molar-refractivity contribution in [3.8, 4) is 0 Å². The van der Waals surface area contributed by atoms with E-state index in [0.29, 0.717) is 0 Å². The molecule has 28 heavy (non-hydrogen) atoms. The number of carbonyl (C=O) groups is 6. The maximum absolute atomic E-state index is 11.7. The van der Waals surface area contributed by atoms with Gasteiger partial charge in [0, 0.05) is 13.1 Å². The van der Waals surface area contributed by atoms with E-state index in [1.807, 2.05) is 0 Å². The van der Waals surface area contributed by atoms with Crippen LogP contribution in [0, 0.1) is 0 Å². The molecule has 0 aliphatic rings. The summed E-state index contributed by atoms with van der Waals surface area (Å²) in [7, 11) is 0. The highest BCUT2D eigenvalue weighted by Gasteiger charge is 2.18. The van der Waals surface area contributed by atoms with Crippen LogP contribution >= 0.6 is 0 Å². The molecule has 0 heterocycles. The van der Waals surface area contributed by atoms with Gasteiger partial charge in [-0.05, 0) is 0 Å². The summed E-state index contributed by atoms with van der Waals surface area (Å²) in [4.78, 5) is 67.7. The van der Waals surface area contributed by atoms with Crippen molar-refractivity contribution in [2.24, 2.45) is 0 Å². The summed E-state index contributed by atoms with van der Waals surface area (Å²) >= 11 is 0. The van der Waals surface area contributed by atoms with Crippen molar-refractivity contribution in [1.29, 1.82) is 0 Å². The number of nitrogens with zero attached hydrogens (tertiary/aromatic N) is 2. The molecule has 0 rings (SSSR count). The van der Waals surface area contributed by atoms with Gasteiger partial charge in [0.1, 0.15) is 0 Å². The molecule has 14 heteroatoms. The van der Waals surface area contributed by atoms with Gasteiger partial charge in [-0.2, -0.15) is 0 Å². The smallest absolute Gasteiger partial charge is 0.317 e. The summed E-state index contributed by atoms with van der Waals surface area (Å²) in [6.45, 7) is -3.63. The van der Waals surface area contributed by atoms with Gasteiger partial charge >= 0.3 is 23.9 Å². The number of aliphatic carboxylic acids is 4. The molecule has 0 aliphatic carbocycles. The van der Waals surface area contributed by atoms with Crippen molar-refractivity contribution < 1.29 is 49.2 Å². The van der Waals surface area contributed by atoms with Gasteiger partial charge in [-0.3, -0.25) is 38.6 Å². The van der Waals surface area contributed by atoms with Crippen LogP contribution in [0.4, 0.5) is 0 Å². The molecule has 0 radical (unpaired) electrons. The number of hydrogen-bond donors (Lipinski definition) is 6. The third-order valence-electron chi connectivity index (χ3n) is 2.94. The van der Waals surface area contributed by atoms with E-state index in [0.717, 1.165) is 9.80 Å². The van der Waals surface area contributed by atoms with Gasteiger partial charge in [0.25, 0.3) is 0 Å². The van der Waals surface area contributed by atoms with Crippen LogP contribution in [0.15, 0.2) is 0 Å². The Bertz CT molecular complexity index is 525. The molecule has 2 amide bonds. The SMILES string of the molecule is O=C(O)CN(CC(=O)O)CC(=O)NCCNC(=O)CN(CC(=O)O)CC(=O)O. The normalized spacial score (nSPS) is 10.5. The molecule has 14 nitrogen and oxygen atoms in total. The van der Waals surface area contributed by atoms with E-state index in [-0.39, 0.29) is 13.1 Å². The monoisotopic (exact) mass is 406 g/mol. The van der Waals surface area contributed by atoms with Crippen LogP contribution in [-0.4, -0.2) is 118 Å². The van der Waals surface area contributed by atoms with Crippen molar-refractivity contribution in [3.05, 3.63) is 0 Å². The highest BCUT2D eigenvalue weighted by Crippen LogP contribution is 1.90. The fraction of sp³-hybridized carbons (Fsp3) is 0.571. The van der Waals surface area contributed by atoms with E-state index in [1.54, 1.807) is 0 Å². The maximum atomic E-state index is 11.7. The molecule has 6 N–H and O–H groups in total. The van der Waals surface area contributed by atoms with Crippen LogP contribution in [-0.2, 0) is 28.8 Å². The highest BCUT2D eigenvalue weighted by molar-refractivity contribution is 5.81. The first-order chi connectivity index (χ1) is 13.0. The number of amides is 2. The highest BCUT2D eigenvalue weighted by atomic mass is 16.4. The second-order valence-electron chi connectivity index (χ2n) is 5.57. The molecule has 0 aromatic rings. The fourth-order valence-electron chi connectivity index (χ4n) is 2.02. The lowest BCUT2D eigenvalue weighted by molar-refractivity contribution is -0.144. The molecule has 0 fully saturated rings. The number of carboxylic acids is 4. The lowest BCUT2D eigenvalue weighted by Crippen LogP contribution is -2.45. The quantitative estimate of drug-likeness (QED) is 0.144. The molecule has 0 saturated carbocycles. The van der Waals surface area contributed by atoms with E-state index in [1.165, 1.54) is 0 Å². The lowest BCUT2D eigenvalue weighted by atomic mass is 10.4. The van der Waals surface area contributed by atoms with E-state index >= 15 is 0 Å². The van der Waals surface area contributed by atoms with Gasteiger partial charge in [0.05, 0.1) is 39.3 Å². The molecule has 0 saturated heterocycles. The predicted octanol–water partition coefficient (Wildman–Crippen LogP) is -3.84. The Morgan fingerprint density at radius 1 is 0.500 bits per heavy atom. The number of hydrogen-bond acceptors (Lipinski definition) is 8. The van der Waals surface area contributed by atoms with Crippen LogP contribution in [0.25, 0.3) is 0 Å². The van der Waals surface area contributed by atoms with Gasteiger partial charge in [-0.25, -0.2) is 0 Å². The summed E-state index contributed by atoms with van der Waals surface area (Å²) in [6.07, 6.45) is 0. The van der Waals surface area contributed by atoms with Crippen LogP contribution in [0.5, 0.6) is 0 Å². The van der Waals surface area contributed by atoms with E-state index in [2.05, 4.69) is 10.6 Å². The Kier molecular flexibility index (Phi) is 11.5. The largest absolute Gasteiger partial charge is 0.480 e. The average molecular weight is 406 g/mol. The first kappa shape index (κ1) is 24.7. The Hall–Kier alpha value is -3.26. The van der Waals surface area contributed by atoms with Crippen LogP contribution in [0.2, 0.25) is 0 Å². The third-order valence-corrected chi connectivity index (χ3v) is 2.94. The Morgan fingerprint density at radius 2 is 0.750 bits per heavy atom. The van der Waals surface area contributed by atoms with E-state index in [4.69, 9.17) is 20.4 Å². The second kappa shape index (κ2) is 13.0. The van der Waals surface area contributed by atoms with Crippen molar-refractivity contribution in [2.45, 2.75) is 0 Å². The van der Waals surface area contributed by atoms with Crippen molar-refractivity contribution in [1.82, 2.24) is 20.4 Å². The van der Waals surface area contributed by atoms with E-state index < -0.39 is 75.0 Å². The van der Waals surface area contributed by atoms with Gasteiger partial charge in [0.15, 0.2) is 0 Å². The standard InChI is InChI=1S/C14H22N4O10/c19-9(3-17(5-11(21)22)6-12(23)24)15-1-2-16-10(20)4-18(7-13(25)26)8-14(27)28/h1-8H2,(H,15,19)(H,16,20)(H,21,22)(H,23,24)(H,25,26)(H,27,28). The molecule has 0 atom stereocenters. The Balaban J connectivity index is 4.26. The minimum absolute atomic E-state index is 0.0591. The van der Waals surface area contributed by atoms with Crippen LogP contribution in [0.1, 0.15) is 0 Å². The molecule has 0 aliphatic heterocycles. The minimum Gasteiger partial charge on any atom is -0.480 e. The maximum Gasteiger partial charge on any atom is 0.317 e. The number of nitrogens with one attached hydrogen (secondary N) is 2. The fourth-order valence-corrected chi connectivity index (χ4v) is 2.02. The topological polar surface area (TPSA) is 214 Å². The number of carbonyl (C=O) groups excluding carboxylic acids is 2. The minimum atomic E-state index is -1.30. The van der Waals surface area contributed by atoms with Crippen LogP contribution < -0.4 is 10.6 Å². The Labute approximate surface area is 158 Å². The second-order valence-corrected chi connectivity index (χ2v) is 5.57. The first-order valence-corrected chi connectivity index (χ1v) is 7.84. The van der Waals surface area contributed by atoms with Crippen molar-refractivity contribution in [2.75, 3.05) is 52.4 Å². The molecular weight excluding hydrogens is 384 g/mol. The molecule has 0 unspecified atom stereocenters. The summed E-state index contributed by atoms with van der Waals surface area (Å²) in [5.41, 5.74) is 0. The molecule has 0 bridgehead atoms. The van der Waals surface area contributed by atoms with Crippen LogP contribution in [0.3, 0.4) is 0 Å². The van der Waals surface area contributed by atoms with Gasteiger partial charge in [0.2, 0.25) is 11.8 Å². The summed E-state index contributed by atoms with van der Waals surface area (Å²) in [5, 5.41) is 39.4. The van der Waals surface area contributed by atoms with Gasteiger partial charge < -0.3 is 31.1 Å². The predicted molar refractivity (Wildman–Crippen MR) is 89.4 cm³/mol. The molecule has 158 valence electrons. The summed E-state index contributed by atoms with van der Waals surface area (Å²) in [6, 6.07) is 0. The van der Waals surface area contributed by atoms with Crippen molar-refractivity contribution in [3.63, 3.8) is 0 Å². The van der Waals surface area contributed by atoms with Crippen molar-refractivity contribution >= 4 is 35.7 Å². The average Bonchev–Trinajstić information content (AvgIpc) is 2.48. The summed E-state index contributed by atoms with van der Waals surface area (Å²) in [5.74, 6) is -6.50. The molecule has 0 aromatic heterocycles. The Morgan fingerprint density at radius 3 is 0.964 bits per heavy atom. The lowest BCUT2D eigenvalue weighted by Gasteiger charge is -2.18.